The van der Waals surface area contributed by atoms with Crippen molar-refractivity contribution in [2.45, 2.75) is 0 Å². The summed E-state index contributed by atoms with van der Waals surface area (Å²) in [6, 6.07) is 9.89. The summed E-state index contributed by atoms with van der Waals surface area (Å²) < 4.78 is 1.92. The standard InChI is InChI=1S/C7H6.2CH4P.2ClH.Ru.6Y/c1-7-5-3-2-4-6-7;2*1-2;;;;;;;;;/h1-6H;2*1-2H2;2*1H;;;;;;;/q;2*-1;;;+2;;;;;;/p-2. The second-order valence-electron chi connectivity index (χ2n) is 1.72. The van der Waals surface area contributed by atoms with E-state index in [0.717, 1.165) is 5.56 Å². The van der Waals surface area contributed by atoms with Crippen molar-refractivity contribution >= 4 is 42.5 Å². The fraction of sp³-hybridized carbons (Fsp3) is 0. The van der Waals surface area contributed by atoms with Crippen molar-refractivity contribution in [2.75, 3.05) is 0 Å². The molecule has 0 nitrogen and oxygen atoms in total. The SMILES string of the molecule is [CH2-]P.[CH2-]P.[Cl][Ru]([Cl])=[CH]c1ccccc1.[Y].[Y].[Y].[Y].[Y].[Y]. The summed E-state index contributed by atoms with van der Waals surface area (Å²) in [4.78, 5) is 0. The number of rotatable bonds is 1. The molecule has 1 aromatic carbocycles. The van der Waals surface area contributed by atoms with Crippen LogP contribution in [0.4, 0.5) is 0 Å². The van der Waals surface area contributed by atoms with E-state index in [4.69, 9.17) is 19.4 Å². The van der Waals surface area contributed by atoms with Crippen LogP contribution >= 0.6 is 37.9 Å². The van der Waals surface area contributed by atoms with Crippen LogP contribution in [0, 0.1) is 13.3 Å². The molecule has 0 spiro atoms. The maximum Gasteiger partial charge on any atom is 0 e. The molecule has 102 valence electrons. The van der Waals surface area contributed by atoms with Crippen LogP contribution in [-0.2, 0) is 210 Å². The van der Waals surface area contributed by atoms with E-state index in [1.165, 1.54) is 0 Å². The Morgan fingerprint density at radius 1 is 0.750 bits per heavy atom. The van der Waals surface area contributed by atoms with E-state index < -0.39 is 13.5 Å². The largest absolute Gasteiger partial charge is 0 e. The minimum Gasteiger partial charge on any atom is 0 e. The van der Waals surface area contributed by atoms with Crippen LogP contribution in [0.5, 0.6) is 0 Å². The van der Waals surface area contributed by atoms with Gasteiger partial charge in [-0.05, 0) is 0 Å². The minimum atomic E-state index is -1.61. The van der Waals surface area contributed by atoms with Crippen molar-refractivity contribution in [3.63, 3.8) is 0 Å². The molecule has 2 atom stereocenters. The maximum atomic E-state index is 5.67. The molecule has 11 heteroatoms. The summed E-state index contributed by atoms with van der Waals surface area (Å²) in [6.45, 7) is 6.33. The molecular weight excluding hydrogens is 875 g/mol. The summed E-state index contributed by atoms with van der Waals surface area (Å²) in [5, 5.41) is 0. The molecule has 0 aliphatic carbocycles. The molecular formula is C9H14Cl2P2RuY6-2. The molecule has 20 heavy (non-hydrogen) atoms. The zero-order valence-electron chi connectivity index (χ0n) is 11.1. The van der Waals surface area contributed by atoms with Crippen molar-refractivity contribution in [3.05, 3.63) is 49.2 Å². The Hall–Kier alpha value is 7.78. The van der Waals surface area contributed by atoms with E-state index >= 15 is 0 Å². The molecule has 1 aromatic rings. The van der Waals surface area contributed by atoms with Gasteiger partial charge in [0.15, 0.2) is 0 Å². The second-order valence-corrected chi connectivity index (χ2v) is 7.44. The van der Waals surface area contributed by atoms with Gasteiger partial charge in [-0.15, -0.1) is 0 Å². The van der Waals surface area contributed by atoms with Gasteiger partial charge in [0.25, 0.3) is 0 Å². The molecule has 0 fully saturated rings. The van der Waals surface area contributed by atoms with Crippen LogP contribution in [0.15, 0.2) is 30.3 Å². The molecule has 0 aliphatic rings. The molecule has 0 amide bonds. The van der Waals surface area contributed by atoms with Gasteiger partial charge >= 0.3 is 73.4 Å². The average molecular weight is 890 g/mol. The van der Waals surface area contributed by atoms with Crippen LogP contribution in [-0.4, -0.2) is 4.61 Å². The third-order valence-electron chi connectivity index (χ3n) is 0.995. The quantitative estimate of drug-likeness (QED) is 0.227. The first kappa shape index (κ1) is 50.9. The summed E-state index contributed by atoms with van der Waals surface area (Å²) in [7, 11) is 15.7. The van der Waals surface area contributed by atoms with Crippen LogP contribution in [0.2, 0.25) is 0 Å². The van der Waals surface area contributed by atoms with Crippen LogP contribution in [0.1, 0.15) is 5.56 Å². The maximum absolute atomic E-state index is 5.67. The van der Waals surface area contributed by atoms with Crippen molar-refractivity contribution in [3.8, 4) is 0 Å². The molecule has 1 rings (SSSR count). The smallest absolute Gasteiger partial charge is 0 e. The van der Waals surface area contributed by atoms with E-state index in [1.807, 2.05) is 34.9 Å². The van der Waals surface area contributed by atoms with Gasteiger partial charge in [-0.1, -0.05) is 0 Å². The Kier molecular flexibility index (Phi) is 116. The molecule has 2 unspecified atom stereocenters. The number of halogens is 2. The van der Waals surface area contributed by atoms with E-state index in [1.54, 1.807) is 0 Å². The van der Waals surface area contributed by atoms with Gasteiger partial charge in [0.05, 0.1) is 0 Å². The van der Waals surface area contributed by atoms with Gasteiger partial charge in [-0.2, -0.15) is 0 Å². The number of hydrogen-bond donors (Lipinski definition) is 0. The second kappa shape index (κ2) is 45.5. The molecule has 0 saturated heterocycles. The van der Waals surface area contributed by atoms with Gasteiger partial charge in [0.1, 0.15) is 0 Å². The average Bonchev–Trinajstić information content (AvgIpc) is 2.24. The molecule has 0 N–H and O–H groups in total. The van der Waals surface area contributed by atoms with Crippen molar-refractivity contribution in [2.24, 2.45) is 0 Å². The predicted molar refractivity (Wildman–Crippen MR) is 73.4 cm³/mol. The third kappa shape index (κ3) is 40.5. The van der Waals surface area contributed by atoms with Gasteiger partial charge in [0, 0.05) is 196 Å². The van der Waals surface area contributed by atoms with Crippen LogP contribution < -0.4 is 0 Å². The normalized spacial score (nSPS) is 6.00. The van der Waals surface area contributed by atoms with E-state index in [-0.39, 0.29) is 196 Å². The molecule has 0 heterocycles. The number of benzene rings is 1. The minimum absolute atomic E-state index is 0. The zero-order chi connectivity index (χ0) is 11.4. The molecule has 0 bridgehead atoms. The van der Waals surface area contributed by atoms with E-state index in [0.29, 0.717) is 0 Å². The summed E-state index contributed by atoms with van der Waals surface area (Å²) in [5.74, 6) is 0. The molecule has 6 radical (unpaired) electrons. The fourth-order valence-electron chi connectivity index (χ4n) is 0.610. The zero-order valence-corrected chi connectivity index (χ0v) is 33.7. The van der Waals surface area contributed by atoms with Gasteiger partial charge < -0.3 is 31.8 Å². The summed E-state index contributed by atoms with van der Waals surface area (Å²) >= 11 is -1.61. The van der Waals surface area contributed by atoms with E-state index in [2.05, 4.69) is 31.8 Å². The first-order chi connectivity index (χ1) is 6.79. The fourth-order valence-corrected chi connectivity index (χ4v) is 2.44. The Balaban J connectivity index is -0.0000000222. The first-order valence-electron chi connectivity index (χ1n) is 3.49. The predicted octanol–water partition coefficient (Wildman–Crippen LogP) is 4.05. The molecule has 0 saturated carbocycles. The topological polar surface area (TPSA) is 0 Å². The van der Waals surface area contributed by atoms with Crippen molar-refractivity contribution < 1.29 is 210 Å². The monoisotopic (exact) mass is 889 g/mol. The van der Waals surface area contributed by atoms with Gasteiger partial charge in [0.2, 0.25) is 0 Å². The van der Waals surface area contributed by atoms with Gasteiger partial charge in [-0.3, -0.25) is 0 Å². The Bertz CT molecular complexity index is 253. The Morgan fingerprint density at radius 3 is 1.30 bits per heavy atom. The van der Waals surface area contributed by atoms with E-state index in [9.17, 15) is 0 Å². The van der Waals surface area contributed by atoms with Crippen LogP contribution in [0.3, 0.4) is 0 Å². The number of hydrogen-bond acceptors (Lipinski definition) is 0. The Morgan fingerprint density at radius 2 is 1.05 bits per heavy atom. The van der Waals surface area contributed by atoms with Crippen molar-refractivity contribution in [1.29, 1.82) is 0 Å². The van der Waals surface area contributed by atoms with Crippen molar-refractivity contribution in [1.82, 2.24) is 0 Å². The molecule has 0 aliphatic heterocycles. The molecule has 0 aromatic heterocycles. The summed E-state index contributed by atoms with van der Waals surface area (Å²) in [6.07, 6.45) is 0. The Labute approximate surface area is 293 Å². The third-order valence-corrected chi connectivity index (χ3v) is 2.87. The van der Waals surface area contributed by atoms with Gasteiger partial charge in [-0.25, -0.2) is 0 Å². The summed E-state index contributed by atoms with van der Waals surface area (Å²) in [5.41, 5.74) is 1.12. The first-order valence-corrected chi connectivity index (χ1v) is 10.6. The van der Waals surface area contributed by atoms with Crippen LogP contribution in [0.25, 0.3) is 0 Å².